The lowest BCUT2D eigenvalue weighted by molar-refractivity contribution is -0.127. The quantitative estimate of drug-likeness (QED) is 0.840. The van der Waals surface area contributed by atoms with E-state index in [2.05, 4.69) is 20.1 Å². The van der Waals surface area contributed by atoms with Gasteiger partial charge in [-0.25, -0.2) is 0 Å². The standard InChI is InChI=1S/C22H27N5O2/c28-21(24-18-8-10-23-11-9-18)17-25-13-15-26(16-14-25)20-7-4-12-27(22(20)29)19-5-2-1-3-6-19/h1-3,5-6,8-11,20H,4,7,12-17H2,(H,23,24,28). The van der Waals surface area contributed by atoms with Crippen molar-refractivity contribution in [2.75, 3.05) is 49.5 Å². The first-order valence-electron chi connectivity index (χ1n) is 10.2. The monoisotopic (exact) mass is 393 g/mol. The summed E-state index contributed by atoms with van der Waals surface area (Å²) < 4.78 is 0. The van der Waals surface area contributed by atoms with Crippen molar-refractivity contribution in [1.82, 2.24) is 14.8 Å². The summed E-state index contributed by atoms with van der Waals surface area (Å²) in [4.78, 5) is 35.7. The Balaban J connectivity index is 1.29. The molecule has 7 nitrogen and oxygen atoms in total. The van der Waals surface area contributed by atoms with E-state index in [0.717, 1.165) is 56.9 Å². The molecule has 0 saturated carbocycles. The Morgan fingerprint density at radius 2 is 1.72 bits per heavy atom. The Hall–Kier alpha value is -2.77. The zero-order valence-corrected chi connectivity index (χ0v) is 16.5. The fourth-order valence-corrected chi connectivity index (χ4v) is 4.13. The van der Waals surface area contributed by atoms with Gasteiger partial charge < -0.3 is 10.2 Å². The fraction of sp³-hybridized carbons (Fsp3) is 0.409. The molecule has 2 saturated heterocycles. The molecule has 1 aromatic carbocycles. The average Bonchev–Trinajstić information content (AvgIpc) is 2.76. The predicted molar refractivity (Wildman–Crippen MR) is 113 cm³/mol. The number of pyridine rings is 1. The lowest BCUT2D eigenvalue weighted by atomic mass is 10.0. The number of carbonyl (C=O) groups excluding carboxylic acids is 2. The molecule has 2 aliphatic rings. The third kappa shape index (κ3) is 4.81. The maximum absolute atomic E-state index is 13.1. The van der Waals surface area contributed by atoms with Crippen molar-refractivity contribution in [1.29, 1.82) is 0 Å². The number of aromatic nitrogens is 1. The molecule has 7 heteroatoms. The number of rotatable bonds is 5. The van der Waals surface area contributed by atoms with Crippen LogP contribution in [0.15, 0.2) is 54.9 Å². The van der Waals surface area contributed by atoms with Crippen molar-refractivity contribution < 1.29 is 9.59 Å². The molecular formula is C22H27N5O2. The molecular weight excluding hydrogens is 366 g/mol. The molecule has 29 heavy (non-hydrogen) atoms. The minimum absolute atomic E-state index is 0.0198. The van der Waals surface area contributed by atoms with Crippen LogP contribution in [0.3, 0.4) is 0 Å². The van der Waals surface area contributed by atoms with Crippen LogP contribution in [0, 0.1) is 0 Å². The van der Waals surface area contributed by atoms with Gasteiger partial charge in [-0.3, -0.25) is 24.4 Å². The molecule has 1 aromatic heterocycles. The fourth-order valence-electron chi connectivity index (χ4n) is 4.13. The predicted octanol–water partition coefficient (Wildman–Crippen LogP) is 1.83. The maximum Gasteiger partial charge on any atom is 0.244 e. The van der Waals surface area contributed by atoms with Gasteiger partial charge in [-0.05, 0) is 37.1 Å². The van der Waals surface area contributed by atoms with E-state index in [0.29, 0.717) is 6.54 Å². The van der Waals surface area contributed by atoms with Gasteiger partial charge in [0.15, 0.2) is 0 Å². The minimum atomic E-state index is -0.0586. The van der Waals surface area contributed by atoms with Gasteiger partial charge in [0.1, 0.15) is 0 Å². The average molecular weight is 393 g/mol. The molecule has 4 rings (SSSR count). The Bertz CT molecular complexity index is 822. The number of benzene rings is 1. The molecule has 2 aliphatic heterocycles. The summed E-state index contributed by atoms with van der Waals surface area (Å²) in [6, 6.07) is 13.4. The SMILES string of the molecule is O=C(CN1CCN(C2CCCN(c3ccccc3)C2=O)CC1)Nc1ccncc1. The van der Waals surface area contributed by atoms with Gasteiger partial charge in [0.05, 0.1) is 12.6 Å². The second-order valence-electron chi connectivity index (χ2n) is 7.58. The number of piperazine rings is 1. The number of para-hydroxylation sites is 1. The molecule has 2 fully saturated rings. The molecule has 2 aromatic rings. The number of nitrogens with one attached hydrogen (secondary N) is 1. The number of amides is 2. The van der Waals surface area contributed by atoms with Crippen molar-refractivity contribution >= 4 is 23.2 Å². The lowest BCUT2D eigenvalue weighted by Gasteiger charge is -2.42. The third-order valence-corrected chi connectivity index (χ3v) is 5.66. The van der Waals surface area contributed by atoms with Crippen LogP contribution < -0.4 is 10.2 Å². The summed E-state index contributed by atoms with van der Waals surface area (Å²) >= 11 is 0. The first-order valence-corrected chi connectivity index (χ1v) is 10.2. The third-order valence-electron chi connectivity index (χ3n) is 5.66. The van der Waals surface area contributed by atoms with Crippen LogP contribution >= 0.6 is 0 Å². The molecule has 0 bridgehead atoms. The van der Waals surface area contributed by atoms with Crippen molar-refractivity contribution in [3.05, 3.63) is 54.9 Å². The zero-order chi connectivity index (χ0) is 20.1. The molecule has 1 N–H and O–H groups in total. The molecule has 2 amide bonds. The van der Waals surface area contributed by atoms with Gasteiger partial charge in [0.25, 0.3) is 0 Å². The molecule has 1 unspecified atom stereocenters. The number of nitrogens with zero attached hydrogens (tertiary/aromatic N) is 4. The van der Waals surface area contributed by atoms with E-state index >= 15 is 0 Å². The van der Waals surface area contributed by atoms with Crippen molar-refractivity contribution in [3.63, 3.8) is 0 Å². The molecule has 3 heterocycles. The number of hydrogen-bond donors (Lipinski definition) is 1. The normalized spacial score (nSPS) is 21.2. The Morgan fingerprint density at radius 3 is 2.45 bits per heavy atom. The van der Waals surface area contributed by atoms with Crippen LogP contribution in [0.25, 0.3) is 0 Å². The van der Waals surface area contributed by atoms with Crippen LogP contribution in [0.5, 0.6) is 0 Å². The minimum Gasteiger partial charge on any atom is -0.325 e. The number of piperidine rings is 1. The highest BCUT2D eigenvalue weighted by atomic mass is 16.2. The Kier molecular flexibility index (Phi) is 6.17. The summed E-state index contributed by atoms with van der Waals surface area (Å²) in [6.45, 7) is 4.35. The van der Waals surface area contributed by atoms with E-state index in [1.807, 2.05) is 35.2 Å². The summed E-state index contributed by atoms with van der Waals surface area (Å²) in [5.41, 5.74) is 1.74. The number of hydrogen-bond acceptors (Lipinski definition) is 5. The van der Waals surface area contributed by atoms with Gasteiger partial charge in [-0.15, -0.1) is 0 Å². The molecule has 1 atom stereocenters. The van der Waals surface area contributed by atoms with Crippen LogP contribution in [-0.4, -0.2) is 71.9 Å². The van der Waals surface area contributed by atoms with Gasteiger partial charge in [-0.2, -0.15) is 0 Å². The van der Waals surface area contributed by atoms with Crippen LogP contribution in [0.4, 0.5) is 11.4 Å². The van der Waals surface area contributed by atoms with Gasteiger partial charge in [-0.1, -0.05) is 18.2 Å². The van der Waals surface area contributed by atoms with E-state index < -0.39 is 0 Å². The van der Waals surface area contributed by atoms with E-state index in [4.69, 9.17) is 0 Å². The zero-order valence-electron chi connectivity index (χ0n) is 16.5. The second-order valence-corrected chi connectivity index (χ2v) is 7.58. The second kappa shape index (κ2) is 9.15. The van der Waals surface area contributed by atoms with Crippen LogP contribution in [0.1, 0.15) is 12.8 Å². The maximum atomic E-state index is 13.1. The van der Waals surface area contributed by atoms with E-state index in [1.54, 1.807) is 24.5 Å². The topological polar surface area (TPSA) is 68.8 Å². The lowest BCUT2D eigenvalue weighted by Crippen LogP contribution is -2.58. The number of anilines is 2. The summed E-state index contributed by atoms with van der Waals surface area (Å²) in [6.07, 6.45) is 5.24. The molecule has 152 valence electrons. The highest BCUT2D eigenvalue weighted by Crippen LogP contribution is 2.24. The van der Waals surface area contributed by atoms with Crippen LogP contribution in [0.2, 0.25) is 0 Å². The van der Waals surface area contributed by atoms with E-state index in [9.17, 15) is 9.59 Å². The molecule has 0 aliphatic carbocycles. The van der Waals surface area contributed by atoms with E-state index in [-0.39, 0.29) is 17.9 Å². The highest BCUT2D eigenvalue weighted by molar-refractivity contribution is 5.98. The smallest absolute Gasteiger partial charge is 0.244 e. The molecule has 0 spiro atoms. The van der Waals surface area contributed by atoms with Crippen molar-refractivity contribution in [2.45, 2.75) is 18.9 Å². The summed E-state index contributed by atoms with van der Waals surface area (Å²) in [7, 11) is 0. The Morgan fingerprint density at radius 1 is 1.00 bits per heavy atom. The summed E-state index contributed by atoms with van der Waals surface area (Å²) in [5.74, 6) is 0.181. The number of carbonyl (C=O) groups is 2. The van der Waals surface area contributed by atoms with Gasteiger partial charge in [0.2, 0.25) is 11.8 Å². The largest absolute Gasteiger partial charge is 0.325 e. The van der Waals surface area contributed by atoms with Crippen molar-refractivity contribution in [2.24, 2.45) is 0 Å². The molecule has 0 radical (unpaired) electrons. The first kappa shape index (κ1) is 19.5. The first-order chi connectivity index (χ1) is 14.2. The van der Waals surface area contributed by atoms with Crippen molar-refractivity contribution in [3.8, 4) is 0 Å². The van der Waals surface area contributed by atoms with Crippen LogP contribution in [-0.2, 0) is 9.59 Å². The van der Waals surface area contributed by atoms with E-state index in [1.165, 1.54) is 0 Å². The van der Waals surface area contributed by atoms with Gasteiger partial charge >= 0.3 is 0 Å². The highest BCUT2D eigenvalue weighted by Gasteiger charge is 2.35. The Labute approximate surface area is 171 Å². The van der Waals surface area contributed by atoms with Gasteiger partial charge in [0, 0.05) is 56.5 Å². The summed E-state index contributed by atoms with van der Waals surface area (Å²) in [5, 5.41) is 2.90.